The molecular formula is C21H25BrN4O4S. The van der Waals surface area contributed by atoms with Gasteiger partial charge in [0.25, 0.3) is 5.91 Å². The highest BCUT2D eigenvalue weighted by molar-refractivity contribution is 9.10. The third-order valence-electron chi connectivity index (χ3n) is 5.01. The van der Waals surface area contributed by atoms with Crippen molar-refractivity contribution in [1.82, 2.24) is 14.6 Å². The Bertz CT molecular complexity index is 1030. The van der Waals surface area contributed by atoms with Gasteiger partial charge >= 0.3 is 0 Å². The topological polar surface area (TPSA) is 91.3 Å². The molecule has 10 heteroatoms. The number of amides is 1. The zero-order valence-corrected chi connectivity index (χ0v) is 19.8. The first-order chi connectivity index (χ1) is 14.8. The minimum atomic E-state index is -3.53. The lowest BCUT2D eigenvalue weighted by molar-refractivity contribution is -0.122. The van der Waals surface area contributed by atoms with E-state index < -0.39 is 10.0 Å². The van der Waals surface area contributed by atoms with Gasteiger partial charge in [0.15, 0.2) is 0 Å². The molecule has 1 fully saturated rings. The summed E-state index contributed by atoms with van der Waals surface area (Å²) >= 11 is 3.31. The molecule has 1 aliphatic heterocycles. The monoisotopic (exact) mass is 508 g/mol. The third-order valence-corrected chi connectivity index (χ3v) is 7.45. The van der Waals surface area contributed by atoms with Gasteiger partial charge in [-0.1, -0.05) is 15.9 Å². The Kier molecular flexibility index (Phi) is 7.82. The first-order valence-electron chi connectivity index (χ1n) is 9.75. The number of carbonyl (C=O) groups is 1. The predicted molar refractivity (Wildman–Crippen MR) is 123 cm³/mol. The normalized spacial score (nSPS) is 16.2. The van der Waals surface area contributed by atoms with Crippen LogP contribution in [0.2, 0.25) is 0 Å². The van der Waals surface area contributed by atoms with Crippen molar-refractivity contribution < 1.29 is 17.9 Å². The lowest BCUT2D eigenvalue weighted by atomic mass is 10.1. The number of hydrogen-bond donors (Lipinski definition) is 1. The first-order valence-corrected chi connectivity index (χ1v) is 12.0. The van der Waals surface area contributed by atoms with Crippen molar-refractivity contribution in [1.29, 1.82) is 0 Å². The zero-order chi connectivity index (χ0) is 22.4. The number of carbonyl (C=O) groups excluding carboxylic acids is 1. The van der Waals surface area contributed by atoms with Crippen molar-refractivity contribution in [3.05, 3.63) is 58.6 Å². The predicted octanol–water partition coefficient (Wildman–Crippen LogP) is 2.30. The minimum Gasteiger partial charge on any atom is -0.497 e. The van der Waals surface area contributed by atoms with Crippen molar-refractivity contribution in [3.63, 3.8) is 0 Å². The number of nitrogens with one attached hydrogen (secondary N) is 1. The quantitative estimate of drug-likeness (QED) is 0.457. The van der Waals surface area contributed by atoms with Gasteiger partial charge in [0.05, 0.1) is 24.3 Å². The van der Waals surface area contributed by atoms with Gasteiger partial charge in [-0.2, -0.15) is 9.41 Å². The van der Waals surface area contributed by atoms with Crippen LogP contribution >= 0.6 is 15.9 Å². The van der Waals surface area contributed by atoms with Crippen molar-refractivity contribution in [2.45, 2.75) is 11.8 Å². The van der Waals surface area contributed by atoms with Gasteiger partial charge in [0.2, 0.25) is 10.0 Å². The highest BCUT2D eigenvalue weighted by Crippen LogP contribution is 2.20. The molecule has 3 rings (SSSR count). The van der Waals surface area contributed by atoms with Crippen LogP contribution in [0, 0.1) is 0 Å². The number of hydrazone groups is 1. The molecule has 0 aromatic heterocycles. The number of piperazine rings is 1. The molecule has 0 bridgehead atoms. The number of methoxy groups -OCH3 is 1. The van der Waals surface area contributed by atoms with E-state index >= 15 is 0 Å². The molecular weight excluding hydrogens is 484 g/mol. The maximum Gasteiger partial charge on any atom is 0.254 e. The second kappa shape index (κ2) is 10.4. The average Bonchev–Trinajstić information content (AvgIpc) is 2.78. The van der Waals surface area contributed by atoms with Crippen LogP contribution in [0.25, 0.3) is 0 Å². The molecule has 31 heavy (non-hydrogen) atoms. The Morgan fingerprint density at radius 3 is 2.26 bits per heavy atom. The summed E-state index contributed by atoms with van der Waals surface area (Å²) in [5, 5.41) is 4.16. The van der Waals surface area contributed by atoms with E-state index in [4.69, 9.17) is 4.74 Å². The molecule has 1 heterocycles. The summed E-state index contributed by atoms with van der Waals surface area (Å²) in [6, 6.07) is 14.0. The maximum absolute atomic E-state index is 12.8. The van der Waals surface area contributed by atoms with Gasteiger partial charge in [0.1, 0.15) is 5.75 Å². The van der Waals surface area contributed by atoms with Crippen LogP contribution in [0.3, 0.4) is 0 Å². The number of hydrogen-bond acceptors (Lipinski definition) is 6. The Morgan fingerprint density at radius 2 is 1.68 bits per heavy atom. The first kappa shape index (κ1) is 23.4. The molecule has 1 saturated heterocycles. The van der Waals surface area contributed by atoms with Gasteiger partial charge in [-0.15, -0.1) is 0 Å². The maximum atomic E-state index is 12.8. The van der Waals surface area contributed by atoms with Crippen LogP contribution in [-0.4, -0.2) is 69.1 Å². The second-order valence-corrected chi connectivity index (χ2v) is 9.95. The van der Waals surface area contributed by atoms with Crippen LogP contribution in [0.1, 0.15) is 12.5 Å². The van der Waals surface area contributed by atoms with Crippen LogP contribution < -0.4 is 10.2 Å². The molecule has 2 aromatic carbocycles. The summed E-state index contributed by atoms with van der Waals surface area (Å²) in [5.41, 5.74) is 4.13. The number of rotatable bonds is 7. The number of benzene rings is 2. The average molecular weight is 509 g/mol. The molecule has 2 aromatic rings. The van der Waals surface area contributed by atoms with Crippen LogP contribution in [0.5, 0.6) is 5.75 Å². The van der Waals surface area contributed by atoms with E-state index in [0.29, 0.717) is 31.9 Å². The summed E-state index contributed by atoms with van der Waals surface area (Å²) in [7, 11) is -1.93. The molecule has 0 aliphatic carbocycles. The largest absolute Gasteiger partial charge is 0.497 e. The summed E-state index contributed by atoms with van der Waals surface area (Å²) in [6.45, 7) is 3.59. The van der Waals surface area contributed by atoms with Crippen molar-refractivity contribution in [2.75, 3.05) is 39.8 Å². The Balaban J connectivity index is 1.49. The summed E-state index contributed by atoms with van der Waals surface area (Å²) < 4.78 is 32.9. The van der Waals surface area contributed by atoms with Crippen LogP contribution in [0.4, 0.5) is 0 Å². The van der Waals surface area contributed by atoms with Crippen LogP contribution in [-0.2, 0) is 14.8 Å². The Morgan fingerprint density at radius 1 is 1.06 bits per heavy atom. The molecule has 1 N–H and O–H groups in total. The van der Waals surface area contributed by atoms with Crippen molar-refractivity contribution in [3.8, 4) is 5.75 Å². The number of nitrogens with zero attached hydrogens (tertiary/aromatic N) is 3. The molecule has 166 valence electrons. The fourth-order valence-corrected chi connectivity index (χ4v) is 4.85. The standard InChI is InChI=1S/C21H25BrN4O4S/c1-16(17-3-7-19(30-2)8-4-17)23-24-21(27)15-25-11-13-26(14-12-25)31(28,29)20-9-5-18(22)6-10-20/h3-10H,11-15H2,1-2H3,(H,24,27). The highest BCUT2D eigenvalue weighted by Gasteiger charge is 2.29. The number of halogens is 1. The molecule has 0 saturated carbocycles. The van der Waals surface area contributed by atoms with Gasteiger partial charge in [-0.25, -0.2) is 13.8 Å². The van der Waals surface area contributed by atoms with E-state index in [1.807, 2.05) is 36.1 Å². The number of ether oxygens (including phenoxy) is 1. The Labute approximate surface area is 191 Å². The van der Waals surface area contributed by atoms with Crippen molar-refractivity contribution in [2.24, 2.45) is 5.10 Å². The van der Waals surface area contributed by atoms with E-state index in [9.17, 15) is 13.2 Å². The number of sulfonamides is 1. The van der Waals surface area contributed by atoms with E-state index in [2.05, 4.69) is 26.5 Å². The lowest BCUT2D eigenvalue weighted by Crippen LogP contribution is -2.50. The molecule has 8 nitrogen and oxygen atoms in total. The lowest BCUT2D eigenvalue weighted by Gasteiger charge is -2.33. The van der Waals surface area contributed by atoms with E-state index in [0.717, 1.165) is 15.8 Å². The molecule has 0 atom stereocenters. The minimum absolute atomic E-state index is 0.158. The summed E-state index contributed by atoms with van der Waals surface area (Å²) in [5.74, 6) is 0.513. The van der Waals surface area contributed by atoms with Crippen molar-refractivity contribution >= 4 is 37.6 Å². The fourth-order valence-electron chi connectivity index (χ4n) is 3.17. The zero-order valence-electron chi connectivity index (χ0n) is 17.4. The summed E-state index contributed by atoms with van der Waals surface area (Å²) in [6.07, 6.45) is 0. The second-order valence-electron chi connectivity index (χ2n) is 7.09. The van der Waals surface area contributed by atoms with Gasteiger partial charge in [-0.05, 0) is 61.0 Å². The molecule has 0 radical (unpaired) electrons. The SMILES string of the molecule is COc1ccc(C(C)=NNC(=O)CN2CCN(S(=O)(=O)c3ccc(Br)cc3)CC2)cc1. The van der Waals surface area contributed by atoms with Gasteiger partial charge in [0, 0.05) is 30.7 Å². The van der Waals surface area contributed by atoms with E-state index in [1.54, 1.807) is 31.4 Å². The summed E-state index contributed by atoms with van der Waals surface area (Å²) in [4.78, 5) is 14.4. The van der Waals surface area contributed by atoms with Crippen LogP contribution in [0.15, 0.2) is 63.0 Å². The van der Waals surface area contributed by atoms with Gasteiger partial charge in [-0.3, -0.25) is 9.69 Å². The fraction of sp³-hybridized carbons (Fsp3) is 0.333. The highest BCUT2D eigenvalue weighted by atomic mass is 79.9. The molecule has 1 aliphatic rings. The van der Waals surface area contributed by atoms with E-state index in [1.165, 1.54) is 4.31 Å². The smallest absolute Gasteiger partial charge is 0.254 e. The third kappa shape index (κ3) is 6.13. The molecule has 0 spiro atoms. The molecule has 1 amide bonds. The van der Waals surface area contributed by atoms with E-state index in [-0.39, 0.29) is 17.3 Å². The molecule has 0 unspecified atom stereocenters. The Hall–Kier alpha value is -2.27. The van der Waals surface area contributed by atoms with Gasteiger partial charge < -0.3 is 4.74 Å².